The van der Waals surface area contributed by atoms with E-state index in [1.165, 1.54) is 0 Å². The zero-order valence-corrected chi connectivity index (χ0v) is 17.7. The van der Waals surface area contributed by atoms with E-state index in [9.17, 15) is 4.79 Å². The second-order valence-electron chi connectivity index (χ2n) is 9.49. The molecule has 4 heterocycles. The molecule has 0 bridgehead atoms. The lowest BCUT2D eigenvalue weighted by molar-refractivity contribution is -0.132. The van der Waals surface area contributed by atoms with Gasteiger partial charge in [0.1, 0.15) is 0 Å². The summed E-state index contributed by atoms with van der Waals surface area (Å²) >= 11 is 0. The monoisotopic (exact) mass is 396 g/mol. The Morgan fingerprint density at radius 1 is 1.10 bits per heavy atom. The van der Waals surface area contributed by atoms with Crippen LogP contribution in [0.3, 0.4) is 0 Å². The maximum atomic E-state index is 12.3. The summed E-state index contributed by atoms with van der Waals surface area (Å²) in [7, 11) is -0.400. The zero-order chi connectivity index (χ0) is 20.4. The van der Waals surface area contributed by atoms with Crippen LogP contribution in [0, 0.1) is 5.92 Å². The Hall–Kier alpha value is -2.06. The van der Waals surface area contributed by atoms with Crippen molar-refractivity contribution in [3.05, 3.63) is 24.5 Å². The highest BCUT2D eigenvalue weighted by atomic mass is 16.7. The Balaban J connectivity index is 1.37. The molecule has 1 saturated carbocycles. The van der Waals surface area contributed by atoms with Crippen molar-refractivity contribution < 1.29 is 14.1 Å². The summed E-state index contributed by atoms with van der Waals surface area (Å²) in [5, 5.41) is 4.49. The normalized spacial score (nSPS) is 23.8. The third kappa shape index (κ3) is 3.22. The maximum Gasteiger partial charge on any atom is 0.496 e. The summed E-state index contributed by atoms with van der Waals surface area (Å²) in [6, 6.07) is 4.17. The van der Waals surface area contributed by atoms with Crippen molar-refractivity contribution >= 4 is 29.7 Å². The molecule has 154 valence electrons. The Morgan fingerprint density at radius 2 is 1.76 bits per heavy atom. The van der Waals surface area contributed by atoms with Crippen LogP contribution < -0.4 is 10.4 Å². The van der Waals surface area contributed by atoms with Crippen LogP contribution in [0.5, 0.6) is 0 Å². The quantitative estimate of drug-likeness (QED) is 0.740. The molecule has 5 rings (SSSR count). The fraction of sp³-hybridized carbons (Fsp3) is 0.619. The van der Waals surface area contributed by atoms with E-state index >= 15 is 0 Å². The Morgan fingerprint density at radius 3 is 2.38 bits per heavy atom. The Kier molecular flexibility index (Phi) is 4.23. The third-order valence-electron chi connectivity index (χ3n) is 6.89. The molecular weight excluding hydrogens is 367 g/mol. The van der Waals surface area contributed by atoms with Gasteiger partial charge in [-0.1, -0.05) is 0 Å². The molecule has 7 nitrogen and oxygen atoms in total. The number of aromatic nitrogens is 2. The largest absolute Gasteiger partial charge is 0.496 e. The van der Waals surface area contributed by atoms with Gasteiger partial charge >= 0.3 is 7.12 Å². The van der Waals surface area contributed by atoms with E-state index in [-0.39, 0.29) is 11.2 Å². The maximum absolute atomic E-state index is 12.3. The molecule has 0 radical (unpaired) electrons. The van der Waals surface area contributed by atoms with Crippen molar-refractivity contribution in [2.75, 3.05) is 31.1 Å². The minimum atomic E-state index is -0.400. The lowest BCUT2D eigenvalue weighted by atomic mass is 9.81. The summed E-state index contributed by atoms with van der Waals surface area (Å²) in [6.07, 6.45) is 5.96. The molecule has 3 fully saturated rings. The molecule has 3 aliphatic rings. The number of piperazine rings is 1. The van der Waals surface area contributed by atoms with Crippen LogP contribution in [-0.4, -0.2) is 64.9 Å². The summed E-state index contributed by atoms with van der Waals surface area (Å²) < 4.78 is 14.3. The number of amides is 1. The molecule has 1 aliphatic carbocycles. The third-order valence-corrected chi connectivity index (χ3v) is 6.89. The molecule has 2 aromatic rings. The van der Waals surface area contributed by atoms with Gasteiger partial charge in [0.05, 0.1) is 22.4 Å². The number of rotatable bonds is 3. The summed E-state index contributed by atoms with van der Waals surface area (Å²) in [5.41, 5.74) is 2.42. The molecule has 1 amide bonds. The number of carbonyl (C=O) groups excluding carboxylic acids is 1. The SMILES string of the molecule is CC1(C)OB(c2cc3c(N4CCN(C(=O)C5CC5)CC4)ccnn3c2)OC1(C)C. The highest BCUT2D eigenvalue weighted by Crippen LogP contribution is 2.37. The van der Waals surface area contributed by atoms with Gasteiger partial charge in [0.15, 0.2) is 0 Å². The highest BCUT2D eigenvalue weighted by molar-refractivity contribution is 6.62. The number of hydrogen-bond acceptors (Lipinski definition) is 5. The van der Waals surface area contributed by atoms with Crippen molar-refractivity contribution in [1.82, 2.24) is 14.5 Å². The minimum Gasteiger partial charge on any atom is -0.399 e. The summed E-state index contributed by atoms with van der Waals surface area (Å²) in [6.45, 7) is 11.5. The smallest absolute Gasteiger partial charge is 0.399 e. The lowest BCUT2D eigenvalue weighted by Crippen LogP contribution is -2.49. The lowest BCUT2D eigenvalue weighted by Gasteiger charge is -2.36. The highest BCUT2D eigenvalue weighted by Gasteiger charge is 2.52. The van der Waals surface area contributed by atoms with Crippen molar-refractivity contribution in [2.45, 2.75) is 51.7 Å². The van der Waals surface area contributed by atoms with Gasteiger partial charge in [-0.3, -0.25) is 4.79 Å². The first-order valence-corrected chi connectivity index (χ1v) is 10.6. The molecule has 29 heavy (non-hydrogen) atoms. The predicted molar refractivity (Wildman–Crippen MR) is 112 cm³/mol. The fourth-order valence-electron chi connectivity index (χ4n) is 4.15. The van der Waals surface area contributed by atoms with Crippen LogP contribution in [0.25, 0.3) is 5.52 Å². The second-order valence-corrected chi connectivity index (χ2v) is 9.49. The van der Waals surface area contributed by atoms with Crippen LogP contribution in [-0.2, 0) is 14.1 Å². The first-order chi connectivity index (χ1) is 13.7. The van der Waals surface area contributed by atoms with Gasteiger partial charge in [-0.2, -0.15) is 5.10 Å². The molecule has 0 aromatic carbocycles. The van der Waals surface area contributed by atoms with Gasteiger partial charge in [-0.15, -0.1) is 0 Å². The summed E-state index contributed by atoms with van der Waals surface area (Å²) in [5.74, 6) is 0.637. The Labute approximate surface area is 172 Å². The topological polar surface area (TPSA) is 59.3 Å². The van der Waals surface area contributed by atoms with Crippen molar-refractivity contribution in [3.8, 4) is 0 Å². The summed E-state index contributed by atoms with van der Waals surface area (Å²) in [4.78, 5) is 16.7. The van der Waals surface area contributed by atoms with E-state index < -0.39 is 7.12 Å². The average Bonchev–Trinajstić information content (AvgIpc) is 3.39. The van der Waals surface area contributed by atoms with Gasteiger partial charge < -0.3 is 19.1 Å². The van der Waals surface area contributed by atoms with Gasteiger partial charge in [-0.25, -0.2) is 4.52 Å². The van der Waals surface area contributed by atoms with E-state index in [0.29, 0.717) is 11.8 Å². The second kappa shape index (κ2) is 6.47. The van der Waals surface area contributed by atoms with Crippen LogP contribution >= 0.6 is 0 Å². The van der Waals surface area contributed by atoms with Crippen molar-refractivity contribution in [1.29, 1.82) is 0 Å². The van der Waals surface area contributed by atoms with Crippen LogP contribution in [0.2, 0.25) is 0 Å². The van der Waals surface area contributed by atoms with E-state index in [0.717, 1.165) is 55.7 Å². The number of hydrogen-bond donors (Lipinski definition) is 0. The van der Waals surface area contributed by atoms with Crippen molar-refractivity contribution in [2.24, 2.45) is 5.92 Å². The number of fused-ring (bicyclic) bond motifs is 1. The predicted octanol–water partition coefficient (Wildman–Crippen LogP) is 1.69. The van der Waals surface area contributed by atoms with E-state index in [4.69, 9.17) is 9.31 Å². The van der Waals surface area contributed by atoms with Gasteiger partial charge in [-0.05, 0) is 52.7 Å². The average molecular weight is 396 g/mol. The van der Waals surface area contributed by atoms with Crippen molar-refractivity contribution in [3.63, 3.8) is 0 Å². The van der Waals surface area contributed by atoms with Crippen LogP contribution in [0.4, 0.5) is 5.69 Å². The first-order valence-electron chi connectivity index (χ1n) is 10.6. The van der Waals surface area contributed by atoms with Gasteiger partial charge in [0, 0.05) is 50.0 Å². The number of anilines is 1. The van der Waals surface area contributed by atoms with E-state index in [1.807, 2.05) is 21.8 Å². The van der Waals surface area contributed by atoms with Crippen LogP contribution in [0.1, 0.15) is 40.5 Å². The fourth-order valence-corrected chi connectivity index (χ4v) is 4.15. The molecule has 0 unspecified atom stereocenters. The molecule has 0 N–H and O–H groups in total. The molecule has 2 aliphatic heterocycles. The molecule has 2 aromatic heterocycles. The number of nitrogens with zero attached hydrogens (tertiary/aromatic N) is 4. The van der Waals surface area contributed by atoms with Gasteiger partial charge in [0.25, 0.3) is 0 Å². The van der Waals surface area contributed by atoms with E-state index in [2.05, 4.69) is 49.8 Å². The molecule has 0 spiro atoms. The van der Waals surface area contributed by atoms with E-state index in [1.54, 1.807) is 0 Å². The molecule has 8 heteroatoms. The molecule has 2 saturated heterocycles. The zero-order valence-electron chi connectivity index (χ0n) is 17.7. The van der Waals surface area contributed by atoms with Gasteiger partial charge in [0.2, 0.25) is 5.91 Å². The molecule has 0 atom stereocenters. The molecular formula is C21H29BN4O3. The first kappa shape index (κ1) is 18.9. The standard InChI is InChI=1S/C21H29BN4O3/c1-20(2)21(3,4)29-22(28-20)16-13-18-17(7-8-23-26(18)14-16)24-9-11-25(12-10-24)19(27)15-5-6-15/h7-8,13-15H,5-6,9-12H2,1-4H3. The van der Waals surface area contributed by atoms with Crippen LogP contribution in [0.15, 0.2) is 24.5 Å². The number of carbonyl (C=O) groups is 1. The Bertz CT molecular complexity index is 929. The minimum absolute atomic E-state index is 0.294.